The van der Waals surface area contributed by atoms with Crippen molar-refractivity contribution in [1.82, 2.24) is 0 Å². The van der Waals surface area contributed by atoms with Crippen molar-refractivity contribution in [2.45, 2.75) is 6.92 Å². The molecule has 1 N–H and O–H groups in total. The van der Waals surface area contributed by atoms with Crippen LogP contribution in [0.25, 0.3) is 0 Å². The van der Waals surface area contributed by atoms with Crippen LogP contribution in [0.4, 0.5) is 5.69 Å². The van der Waals surface area contributed by atoms with Crippen LogP contribution in [0.3, 0.4) is 0 Å². The van der Waals surface area contributed by atoms with Gasteiger partial charge in [-0.15, -0.1) is 13.2 Å². The third kappa shape index (κ3) is 3.21. The molecule has 0 fully saturated rings. The van der Waals surface area contributed by atoms with E-state index >= 15 is 0 Å². The van der Waals surface area contributed by atoms with E-state index in [4.69, 9.17) is 5.11 Å². The molecule has 1 aromatic rings. The molecule has 17 heavy (non-hydrogen) atoms. The van der Waals surface area contributed by atoms with E-state index in [1.165, 1.54) is 0 Å². The highest BCUT2D eigenvalue weighted by Gasteiger charge is 2.09. The fourth-order valence-corrected chi connectivity index (χ4v) is 1.73. The summed E-state index contributed by atoms with van der Waals surface area (Å²) in [7, 11) is 0. The maximum Gasteiger partial charge on any atom is 0.335 e. The number of aromatic carboxylic acids is 1. The Morgan fingerprint density at radius 1 is 1.35 bits per heavy atom. The molecule has 0 aliphatic rings. The van der Waals surface area contributed by atoms with E-state index in [1.54, 1.807) is 12.1 Å². The smallest absolute Gasteiger partial charge is 0.335 e. The van der Waals surface area contributed by atoms with Gasteiger partial charge in [-0.05, 0) is 30.7 Å². The normalized spacial score (nSPS) is 9.71. The maximum absolute atomic E-state index is 10.8. The number of hydrogen-bond donors (Lipinski definition) is 1. The van der Waals surface area contributed by atoms with Crippen molar-refractivity contribution >= 4 is 11.7 Å². The largest absolute Gasteiger partial charge is 0.478 e. The molecule has 0 aliphatic heterocycles. The third-order valence-corrected chi connectivity index (χ3v) is 2.48. The summed E-state index contributed by atoms with van der Waals surface area (Å²) in [5.74, 6) is -0.904. The van der Waals surface area contributed by atoms with E-state index < -0.39 is 5.97 Å². The zero-order valence-corrected chi connectivity index (χ0v) is 10.0. The Balaban J connectivity index is 3.07. The molecule has 0 atom stereocenters. The first kappa shape index (κ1) is 13.0. The first-order chi connectivity index (χ1) is 8.10. The minimum absolute atomic E-state index is 0.309. The lowest BCUT2D eigenvalue weighted by Crippen LogP contribution is -2.24. The number of carbonyl (C=O) groups is 1. The molecular weight excluding hydrogens is 214 g/mol. The molecule has 0 amide bonds. The van der Waals surface area contributed by atoms with Crippen LogP contribution in [0.1, 0.15) is 15.9 Å². The Morgan fingerprint density at radius 3 is 2.35 bits per heavy atom. The van der Waals surface area contributed by atoms with Gasteiger partial charge in [-0.25, -0.2) is 4.79 Å². The summed E-state index contributed by atoms with van der Waals surface area (Å²) >= 11 is 0. The fraction of sp³-hybridized carbons (Fsp3) is 0.214. The topological polar surface area (TPSA) is 40.5 Å². The van der Waals surface area contributed by atoms with Gasteiger partial charge in [0.1, 0.15) is 0 Å². The Kier molecular flexibility index (Phi) is 4.52. The van der Waals surface area contributed by atoms with E-state index in [1.807, 2.05) is 25.1 Å². The summed E-state index contributed by atoms with van der Waals surface area (Å²) < 4.78 is 0. The quantitative estimate of drug-likeness (QED) is 0.765. The Bertz CT molecular complexity index is 428. The minimum Gasteiger partial charge on any atom is -0.478 e. The minimum atomic E-state index is -0.904. The number of carboxylic acids is 1. The van der Waals surface area contributed by atoms with Crippen molar-refractivity contribution in [2.75, 3.05) is 18.0 Å². The molecule has 0 saturated carbocycles. The van der Waals surface area contributed by atoms with Crippen LogP contribution in [0.5, 0.6) is 0 Å². The summed E-state index contributed by atoms with van der Waals surface area (Å²) in [4.78, 5) is 12.9. The molecule has 0 aromatic heterocycles. The van der Waals surface area contributed by atoms with Crippen molar-refractivity contribution in [1.29, 1.82) is 0 Å². The molecule has 0 saturated heterocycles. The Morgan fingerprint density at radius 2 is 1.94 bits per heavy atom. The number of benzene rings is 1. The zero-order valence-electron chi connectivity index (χ0n) is 10.0. The van der Waals surface area contributed by atoms with Crippen molar-refractivity contribution in [3.63, 3.8) is 0 Å². The third-order valence-electron chi connectivity index (χ3n) is 2.48. The SMILES string of the molecule is C=CCN(CC=C)c1ccc(C(=O)O)cc1C. The van der Waals surface area contributed by atoms with Gasteiger partial charge in [0, 0.05) is 18.8 Å². The van der Waals surface area contributed by atoms with Crippen LogP contribution in [0.15, 0.2) is 43.5 Å². The van der Waals surface area contributed by atoms with Crippen LogP contribution >= 0.6 is 0 Å². The van der Waals surface area contributed by atoms with Gasteiger partial charge in [0.05, 0.1) is 5.56 Å². The van der Waals surface area contributed by atoms with Crippen LogP contribution in [0, 0.1) is 6.92 Å². The summed E-state index contributed by atoms with van der Waals surface area (Å²) in [5, 5.41) is 8.90. The number of nitrogens with zero attached hydrogens (tertiary/aromatic N) is 1. The summed E-state index contributed by atoms with van der Waals surface area (Å²) in [6, 6.07) is 5.12. The molecule has 0 radical (unpaired) electrons. The van der Waals surface area contributed by atoms with E-state index in [-0.39, 0.29) is 0 Å². The van der Waals surface area contributed by atoms with Crippen molar-refractivity contribution in [3.05, 3.63) is 54.6 Å². The molecule has 0 spiro atoms. The molecule has 1 rings (SSSR count). The van der Waals surface area contributed by atoms with Gasteiger partial charge in [-0.2, -0.15) is 0 Å². The molecule has 0 aliphatic carbocycles. The molecular formula is C14H17NO2. The monoisotopic (exact) mass is 231 g/mol. The fourth-order valence-electron chi connectivity index (χ4n) is 1.73. The average molecular weight is 231 g/mol. The predicted molar refractivity (Wildman–Crippen MR) is 70.7 cm³/mol. The second kappa shape index (κ2) is 5.89. The zero-order chi connectivity index (χ0) is 12.8. The molecule has 3 nitrogen and oxygen atoms in total. The lowest BCUT2D eigenvalue weighted by molar-refractivity contribution is 0.0697. The number of rotatable bonds is 6. The Hall–Kier alpha value is -2.03. The van der Waals surface area contributed by atoms with Crippen molar-refractivity contribution in [2.24, 2.45) is 0 Å². The van der Waals surface area contributed by atoms with Gasteiger partial charge in [0.2, 0.25) is 0 Å². The van der Waals surface area contributed by atoms with Gasteiger partial charge >= 0.3 is 5.97 Å². The van der Waals surface area contributed by atoms with Crippen molar-refractivity contribution in [3.8, 4) is 0 Å². The second-order valence-electron chi connectivity index (χ2n) is 3.79. The van der Waals surface area contributed by atoms with Crippen LogP contribution in [-0.4, -0.2) is 24.2 Å². The van der Waals surface area contributed by atoms with E-state index in [0.717, 1.165) is 11.3 Å². The van der Waals surface area contributed by atoms with E-state index in [9.17, 15) is 4.79 Å². The van der Waals surface area contributed by atoms with Gasteiger partial charge < -0.3 is 10.0 Å². The van der Waals surface area contributed by atoms with Gasteiger partial charge in [-0.3, -0.25) is 0 Å². The number of anilines is 1. The van der Waals surface area contributed by atoms with Crippen molar-refractivity contribution < 1.29 is 9.90 Å². The van der Waals surface area contributed by atoms with Gasteiger partial charge in [-0.1, -0.05) is 12.2 Å². The predicted octanol–water partition coefficient (Wildman–Crippen LogP) is 2.87. The van der Waals surface area contributed by atoms with Gasteiger partial charge in [0.25, 0.3) is 0 Å². The molecule has 1 aromatic carbocycles. The number of hydrogen-bond acceptors (Lipinski definition) is 2. The van der Waals surface area contributed by atoms with E-state index in [0.29, 0.717) is 18.7 Å². The second-order valence-corrected chi connectivity index (χ2v) is 3.79. The first-order valence-electron chi connectivity index (χ1n) is 5.40. The molecule has 0 heterocycles. The average Bonchev–Trinajstić information content (AvgIpc) is 2.28. The molecule has 90 valence electrons. The maximum atomic E-state index is 10.8. The number of carboxylic acid groups (broad SMARTS) is 1. The van der Waals surface area contributed by atoms with Crippen LogP contribution in [0.2, 0.25) is 0 Å². The standard InChI is InChI=1S/C14H17NO2/c1-4-8-15(9-5-2)13-7-6-12(14(16)17)10-11(13)3/h4-7,10H,1-2,8-9H2,3H3,(H,16,17). The lowest BCUT2D eigenvalue weighted by atomic mass is 10.1. The first-order valence-corrected chi connectivity index (χ1v) is 5.40. The van der Waals surface area contributed by atoms with Crippen LogP contribution < -0.4 is 4.90 Å². The van der Waals surface area contributed by atoms with Crippen LogP contribution in [-0.2, 0) is 0 Å². The van der Waals surface area contributed by atoms with Gasteiger partial charge in [0.15, 0.2) is 0 Å². The number of aryl methyl sites for hydroxylation is 1. The van der Waals surface area contributed by atoms with E-state index in [2.05, 4.69) is 18.1 Å². The molecule has 3 heteroatoms. The highest BCUT2D eigenvalue weighted by atomic mass is 16.4. The summed E-state index contributed by atoms with van der Waals surface area (Å²) in [5.41, 5.74) is 2.26. The summed E-state index contributed by atoms with van der Waals surface area (Å²) in [6.07, 6.45) is 3.63. The highest BCUT2D eigenvalue weighted by molar-refractivity contribution is 5.88. The lowest BCUT2D eigenvalue weighted by Gasteiger charge is -2.23. The Labute approximate surface area is 102 Å². The molecule has 0 bridgehead atoms. The summed E-state index contributed by atoms with van der Waals surface area (Å²) in [6.45, 7) is 10.7. The highest BCUT2D eigenvalue weighted by Crippen LogP contribution is 2.21. The molecule has 0 unspecified atom stereocenters.